The zero-order chi connectivity index (χ0) is 15.1. The van der Waals surface area contributed by atoms with Crippen LogP contribution in [0.25, 0.3) is 0 Å². The second-order valence-corrected chi connectivity index (χ2v) is 6.16. The molecule has 0 radical (unpaired) electrons. The van der Waals surface area contributed by atoms with E-state index in [9.17, 15) is 9.59 Å². The zero-order valence-electron chi connectivity index (χ0n) is 12.6. The van der Waals surface area contributed by atoms with Gasteiger partial charge in [-0.15, -0.1) is 0 Å². The minimum absolute atomic E-state index is 0.0766. The number of urea groups is 1. The number of hydrogen-bond donors (Lipinski definition) is 2. The van der Waals surface area contributed by atoms with Crippen LogP contribution in [0, 0.1) is 11.8 Å². The summed E-state index contributed by atoms with van der Waals surface area (Å²) in [6.45, 7) is 3.44. The Bertz CT molecular complexity index is 358. The van der Waals surface area contributed by atoms with Gasteiger partial charge in [-0.05, 0) is 43.9 Å². The van der Waals surface area contributed by atoms with Crippen LogP contribution in [0.4, 0.5) is 4.79 Å². The highest BCUT2D eigenvalue weighted by atomic mass is 16.5. The molecule has 120 valence electrons. The van der Waals surface area contributed by atoms with E-state index in [2.05, 4.69) is 5.32 Å². The van der Waals surface area contributed by atoms with Gasteiger partial charge >= 0.3 is 12.0 Å². The number of carboxylic acids is 1. The Labute approximate surface area is 125 Å². The SMILES string of the molecule is O=C(O)CC1CCCN(C(=O)NCCCOCC2CC2)C1. The molecule has 1 aliphatic carbocycles. The normalized spacial score (nSPS) is 22.1. The first-order valence-electron chi connectivity index (χ1n) is 7.97. The van der Waals surface area contributed by atoms with Crippen molar-refractivity contribution in [1.82, 2.24) is 10.2 Å². The second-order valence-electron chi connectivity index (χ2n) is 6.16. The van der Waals surface area contributed by atoms with Crippen LogP contribution in [0.15, 0.2) is 0 Å². The number of rotatable bonds is 8. The molecule has 2 N–H and O–H groups in total. The van der Waals surface area contributed by atoms with Gasteiger partial charge in [0.05, 0.1) is 0 Å². The fourth-order valence-electron chi connectivity index (χ4n) is 2.68. The molecule has 0 aromatic rings. The van der Waals surface area contributed by atoms with Crippen molar-refractivity contribution in [2.24, 2.45) is 11.8 Å². The molecule has 1 saturated carbocycles. The Balaban J connectivity index is 1.55. The molecule has 2 rings (SSSR count). The number of nitrogens with one attached hydrogen (secondary N) is 1. The van der Waals surface area contributed by atoms with E-state index in [1.807, 2.05) is 0 Å². The molecule has 6 heteroatoms. The van der Waals surface area contributed by atoms with E-state index in [-0.39, 0.29) is 18.4 Å². The molecule has 2 fully saturated rings. The van der Waals surface area contributed by atoms with Gasteiger partial charge in [-0.1, -0.05) is 0 Å². The second kappa shape index (κ2) is 8.22. The smallest absolute Gasteiger partial charge is 0.317 e. The van der Waals surface area contributed by atoms with Gasteiger partial charge < -0.3 is 20.1 Å². The molecule has 1 atom stereocenters. The summed E-state index contributed by atoms with van der Waals surface area (Å²) in [7, 11) is 0. The average molecular weight is 298 g/mol. The summed E-state index contributed by atoms with van der Waals surface area (Å²) in [4.78, 5) is 24.5. The lowest BCUT2D eigenvalue weighted by atomic mass is 9.95. The molecule has 2 amide bonds. The third kappa shape index (κ3) is 6.33. The van der Waals surface area contributed by atoms with Gasteiger partial charge in [-0.3, -0.25) is 4.79 Å². The van der Waals surface area contributed by atoms with Crippen molar-refractivity contribution < 1.29 is 19.4 Å². The average Bonchev–Trinajstić information content (AvgIpc) is 3.26. The van der Waals surface area contributed by atoms with Crippen molar-refractivity contribution in [2.75, 3.05) is 32.8 Å². The molecule has 1 unspecified atom stereocenters. The van der Waals surface area contributed by atoms with Crippen molar-refractivity contribution in [3.63, 3.8) is 0 Å². The molecule has 6 nitrogen and oxygen atoms in total. The van der Waals surface area contributed by atoms with E-state index in [1.54, 1.807) is 4.90 Å². The quantitative estimate of drug-likeness (QED) is 0.669. The first-order valence-corrected chi connectivity index (χ1v) is 7.97. The molecule has 0 aromatic heterocycles. The largest absolute Gasteiger partial charge is 0.481 e. The van der Waals surface area contributed by atoms with E-state index < -0.39 is 5.97 Å². The van der Waals surface area contributed by atoms with Crippen molar-refractivity contribution in [3.05, 3.63) is 0 Å². The number of aliphatic carboxylic acids is 1. The number of amides is 2. The van der Waals surface area contributed by atoms with Crippen LogP contribution >= 0.6 is 0 Å². The predicted octanol–water partition coefficient (Wildman–Crippen LogP) is 1.70. The lowest BCUT2D eigenvalue weighted by Crippen LogP contribution is -2.46. The van der Waals surface area contributed by atoms with Crippen LogP contribution in [-0.2, 0) is 9.53 Å². The Morgan fingerprint density at radius 3 is 2.76 bits per heavy atom. The van der Waals surface area contributed by atoms with Gasteiger partial charge in [0.25, 0.3) is 0 Å². The maximum absolute atomic E-state index is 12.0. The molecule has 2 aliphatic rings. The molecular formula is C15H26N2O4. The van der Waals surface area contributed by atoms with E-state index >= 15 is 0 Å². The van der Waals surface area contributed by atoms with Gasteiger partial charge in [0.2, 0.25) is 0 Å². The van der Waals surface area contributed by atoms with Gasteiger partial charge in [-0.2, -0.15) is 0 Å². The van der Waals surface area contributed by atoms with Gasteiger partial charge in [0.15, 0.2) is 0 Å². The van der Waals surface area contributed by atoms with Crippen LogP contribution in [0.1, 0.15) is 38.5 Å². The lowest BCUT2D eigenvalue weighted by molar-refractivity contribution is -0.138. The fourth-order valence-corrected chi connectivity index (χ4v) is 2.68. The van der Waals surface area contributed by atoms with Crippen molar-refractivity contribution in [2.45, 2.75) is 38.5 Å². The highest BCUT2D eigenvalue weighted by Crippen LogP contribution is 2.28. The highest BCUT2D eigenvalue weighted by Gasteiger charge is 2.25. The summed E-state index contributed by atoms with van der Waals surface area (Å²) in [5.41, 5.74) is 0. The predicted molar refractivity (Wildman–Crippen MR) is 78.1 cm³/mol. The Morgan fingerprint density at radius 2 is 2.05 bits per heavy atom. The van der Waals surface area contributed by atoms with E-state index in [0.29, 0.717) is 19.7 Å². The molecule has 0 spiro atoms. The van der Waals surface area contributed by atoms with Crippen molar-refractivity contribution in [3.8, 4) is 0 Å². The molecular weight excluding hydrogens is 272 g/mol. The maximum Gasteiger partial charge on any atom is 0.317 e. The molecule has 1 saturated heterocycles. The number of likely N-dealkylation sites (tertiary alicyclic amines) is 1. The first-order chi connectivity index (χ1) is 10.1. The topological polar surface area (TPSA) is 78.9 Å². The van der Waals surface area contributed by atoms with E-state index in [0.717, 1.165) is 38.3 Å². The lowest BCUT2D eigenvalue weighted by Gasteiger charge is -2.32. The number of ether oxygens (including phenoxy) is 1. The number of carbonyl (C=O) groups is 2. The minimum atomic E-state index is -0.782. The van der Waals surface area contributed by atoms with Crippen LogP contribution in [-0.4, -0.2) is 54.9 Å². The Kier molecular flexibility index (Phi) is 6.29. The standard InChI is InChI=1S/C15H26N2O4/c18-14(19)9-13-3-1-7-17(10-13)15(20)16-6-2-8-21-11-12-4-5-12/h12-13H,1-11H2,(H,16,20)(H,18,19). The monoisotopic (exact) mass is 298 g/mol. The number of hydrogen-bond acceptors (Lipinski definition) is 3. The summed E-state index contributed by atoms with van der Waals surface area (Å²) in [5.74, 6) is 0.0815. The zero-order valence-corrected chi connectivity index (χ0v) is 12.6. The minimum Gasteiger partial charge on any atom is -0.481 e. The Morgan fingerprint density at radius 1 is 1.24 bits per heavy atom. The molecule has 0 aromatic carbocycles. The summed E-state index contributed by atoms with van der Waals surface area (Å²) in [6, 6.07) is -0.0766. The maximum atomic E-state index is 12.0. The number of carbonyl (C=O) groups excluding carboxylic acids is 1. The van der Waals surface area contributed by atoms with Gasteiger partial charge in [-0.25, -0.2) is 4.79 Å². The van der Waals surface area contributed by atoms with E-state index in [4.69, 9.17) is 9.84 Å². The van der Waals surface area contributed by atoms with Crippen LogP contribution in [0.5, 0.6) is 0 Å². The number of nitrogens with zero attached hydrogens (tertiary/aromatic N) is 1. The molecule has 21 heavy (non-hydrogen) atoms. The number of piperidine rings is 1. The first kappa shape index (κ1) is 16.1. The third-order valence-electron chi connectivity index (χ3n) is 4.06. The van der Waals surface area contributed by atoms with Crippen LogP contribution in [0.3, 0.4) is 0 Å². The fraction of sp³-hybridized carbons (Fsp3) is 0.867. The summed E-state index contributed by atoms with van der Waals surface area (Å²) < 4.78 is 5.52. The Hall–Kier alpha value is -1.30. The van der Waals surface area contributed by atoms with E-state index in [1.165, 1.54) is 12.8 Å². The van der Waals surface area contributed by atoms with Crippen LogP contribution in [0.2, 0.25) is 0 Å². The summed E-state index contributed by atoms with van der Waals surface area (Å²) in [6.07, 6.45) is 5.34. The van der Waals surface area contributed by atoms with Gasteiger partial charge in [0.1, 0.15) is 0 Å². The molecule has 0 bridgehead atoms. The summed E-state index contributed by atoms with van der Waals surface area (Å²) in [5, 5.41) is 11.7. The van der Waals surface area contributed by atoms with Gasteiger partial charge in [0, 0.05) is 39.3 Å². The number of carboxylic acid groups (broad SMARTS) is 1. The molecule has 1 heterocycles. The van der Waals surface area contributed by atoms with Crippen molar-refractivity contribution in [1.29, 1.82) is 0 Å². The third-order valence-corrected chi connectivity index (χ3v) is 4.06. The van der Waals surface area contributed by atoms with Crippen molar-refractivity contribution >= 4 is 12.0 Å². The summed E-state index contributed by atoms with van der Waals surface area (Å²) >= 11 is 0. The molecule has 1 aliphatic heterocycles. The highest BCUT2D eigenvalue weighted by molar-refractivity contribution is 5.74. The van der Waals surface area contributed by atoms with Crippen LogP contribution < -0.4 is 5.32 Å².